The summed E-state index contributed by atoms with van der Waals surface area (Å²) in [5, 5.41) is 11.5. The summed E-state index contributed by atoms with van der Waals surface area (Å²) < 4.78 is 0. The van der Waals surface area contributed by atoms with Crippen LogP contribution >= 0.6 is 0 Å². The molecule has 1 aliphatic rings. The Hall–Kier alpha value is -0.160. The molecule has 1 aliphatic heterocycles. The fourth-order valence-corrected chi connectivity index (χ4v) is 0.777. The van der Waals surface area contributed by atoms with Crippen LogP contribution in [0.25, 0.3) is 0 Å². The van der Waals surface area contributed by atoms with Crippen molar-refractivity contribution in [2.75, 3.05) is 39.8 Å². The molecule has 0 spiro atoms. The third-order valence-corrected chi connectivity index (χ3v) is 1.68. The summed E-state index contributed by atoms with van der Waals surface area (Å²) in [7, 11) is 2.15. The third kappa shape index (κ3) is 7.94. The molecule has 1 rings (SSSR count). The lowest BCUT2D eigenvalue weighted by Crippen LogP contribution is -2.40. The van der Waals surface area contributed by atoms with Crippen LogP contribution < -0.4 is 11.1 Å². The maximum atomic E-state index is 8.24. The van der Waals surface area contributed by atoms with Gasteiger partial charge in [-0.1, -0.05) is 0 Å². The van der Waals surface area contributed by atoms with Crippen LogP contribution in [0, 0.1) is 0 Å². The Morgan fingerprint density at radius 1 is 1.50 bits per heavy atom. The topological polar surface area (TPSA) is 61.5 Å². The molecule has 4 nitrogen and oxygen atoms in total. The number of hydrogen-bond donors (Lipinski definition) is 3. The largest absolute Gasteiger partial charge is 0.392 e. The van der Waals surface area contributed by atoms with E-state index in [0.29, 0.717) is 6.54 Å². The van der Waals surface area contributed by atoms with E-state index in [1.54, 1.807) is 6.92 Å². The number of aliphatic hydroxyl groups is 1. The first-order valence-corrected chi connectivity index (χ1v) is 4.44. The minimum atomic E-state index is -0.338. The number of rotatable bonds is 1. The van der Waals surface area contributed by atoms with Crippen molar-refractivity contribution in [3.8, 4) is 0 Å². The fourth-order valence-electron chi connectivity index (χ4n) is 0.777. The lowest BCUT2D eigenvalue weighted by molar-refractivity contribution is 0.203. The molecule has 1 saturated heterocycles. The molecular formula is C8H21N3O. The first-order valence-electron chi connectivity index (χ1n) is 4.44. The monoisotopic (exact) mass is 175 g/mol. The Kier molecular flexibility index (Phi) is 7.39. The van der Waals surface area contributed by atoms with Crippen molar-refractivity contribution >= 4 is 0 Å². The lowest BCUT2D eigenvalue weighted by Gasteiger charge is -2.21. The number of nitrogens with two attached hydrogens (primary N) is 1. The van der Waals surface area contributed by atoms with Crippen LogP contribution in [0.2, 0.25) is 0 Å². The molecular weight excluding hydrogens is 154 g/mol. The average Bonchev–Trinajstić information content (AvgIpc) is 2.07. The molecule has 0 aromatic rings. The maximum Gasteiger partial charge on any atom is 0.0634 e. The van der Waals surface area contributed by atoms with Crippen LogP contribution in [0.15, 0.2) is 0 Å². The van der Waals surface area contributed by atoms with Gasteiger partial charge in [-0.25, -0.2) is 0 Å². The minimum absolute atomic E-state index is 0.338. The van der Waals surface area contributed by atoms with Crippen LogP contribution in [0.5, 0.6) is 0 Å². The highest BCUT2D eigenvalue weighted by Crippen LogP contribution is 1.83. The van der Waals surface area contributed by atoms with Crippen molar-refractivity contribution in [1.82, 2.24) is 10.2 Å². The molecule has 1 fully saturated rings. The summed E-state index contributed by atoms with van der Waals surface area (Å²) in [6.45, 7) is 6.76. The number of nitrogens with zero attached hydrogens (tertiary/aromatic N) is 1. The molecule has 0 aromatic carbocycles. The van der Waals surface area contributed by atoms with E-state index < -0.39 is 0 Å². The number of likely N-dealkylation sites (N-methyl/N-ethyl adjacent to an activating group) is 1. The van der Waals surface area contributed by atoms with Crippen LogP contribution in [0.3, 0.4) is 0 Å². The number of nitrogens with one attached hydrogen (secondary N) is 1. The lowest BCUT2D eigenvalue weighted by atomic mass is 10.4. The quantitative estimate of drug-likeness (QED) is 0.471. The number of aliphatic hydroxyl groups excluding tert-OH is 1. The van der Waals surface area contributed by atoms with Crippen LogP contribution in [0.4, 0.5) is 0 Å². The summed E-state index contributed by atoms with van der Waals surface area (Å²) >= 11 is 0. The van der Waals surface area contributed by atoms with Gasteiger partial charge in [-0.3, -0.25) is 0 Å². The van der Waals surface area contributed by atoms with E-state index in [9.17, 15) is 0 Å². The first kappa shape index (κ1) is 11.8. The summed E-state index contributed by atoms with van der Waals surface area (Å²) in [5.41, 5.74) is 4.92. The molecule has 0 aromatic heterocycles. The van der Waals surface area contributed by atoms with Gasteiger partial charge in [0.1, 0.15) is 0 Å². The molecule has 1 unspecified atom stereocenters. The molecule has 1 atom stereocenters. The van der Waals surface area contributed by atoms with E-state index in [4.69, 9.17) is 10.8 Å². The van der Waals surface area contributed by atoms with Crippen molar-refractivity contribution in [2.45, 2.75) is 13.0 Å². The second-order valence-corrected chi connectivity index (χ2v) is 3.14. The van der Waals surface area contributed by atoms with Gasteiger partial charge in [0, 0.05) is 32.7 Å². The predicted octanol–water partition coefficient (Wildman–Crippen LogP) is -1.15. The third-order valence-electron chi connectivity index (χ3n) is 1.68. The molecule has 4 heteroatoms. The summed E-state index contributed by atoms with van der Waals surface area (Å²) in [4.78, 5) is 2.33. The normalized spacial score (nSPS) is 21.0. The fraction of sp³-hybridized carbons (Fsp3) is 1.00. The van der Waals surface area contributed by atoms with E-state index in [1.807, 2.05) is 0 Å². The van der Waals surface area contributed by atoms with Crippen molar-refractivity contribution < 1.29 is 5.11 Å². The molecule has 1 heterocycles. The Balaban J connectivity index is 0.000000217. The molecule has 4 N–H and O–H groups in total. The number of hydrogen-bond acceptors (Lipinski definition) is 4. The van der Waals surface area contributed by atoms with E-state index in [2.05, 4.69) is 17.3 Å². The average molecular weight is 175 g/mol. The zero-order chi connectivity index (χ0) is 9.40. The van der Waals surface area contributed by atoms with E-state index in [0.717, 1.165) is 13.1 Å². The predicted molar refractivity (Wildman–Crippen MR) is 51.1 cm³/mol. The van der Waals surface area contributed by atoms with Gasteiger partial charge in [-0.15, -0.1) is 0 Å². The second-order valence-electron chi connectivity index (χ2n) is 3.14. The Morgan fingerprint density at radius 2 is 1.92 bits per heavy atom. The van der Waals surface area contributed by atoms with Gasteiger partial charge in [0.15, 0.2) is 0 Å². The van der Waals surface area contributed by atoms with Gasteiger partial charge < -0.3 is 21.1 Å². The highest BCUT2D eigenvalue weighted by Gasteiger charge is 2.01. The Labute approximate surface area is 74.7 Å². The van der Waals surface area contributed by atoms with E-state index in [-0.39, 0.29) is 6.10 Å². The molecule has 0 amide bonds. The molecule has 0 radical (unpaired) electrons. The van der Waals surface area contributed by atoms with Gasteiger partial charge in [0.25, 0.3) is 0 Å². The zero-order valence-corrected chi connectivity index (χ0v) is 8.08. The summed E-state index contributed by atoms with van der Waals surface area (Å²) in [6, 6.07) is 0. The minimum Gasteiger partial charge on any atom is -0.392 e. The van der Waals surface area contributed by atoms with Crippen LogP contribution in [0.1, 0.15) is 6.92 Å². The Bertz CT molecular complexity index is 92.3. The van der Waals surface area contributed by atoms with Crippen LogP contribution in [-0.2, 0) is 0 Å². The maximum absolute atomic E-state index is 8.24. The van der Waals surface area contributed by atoms with Gasteiger partial charge in [0.2, 0.25) is 0 Å². The highest BCUT2D eigenvalue weighted by atomic mass is 16.3. The number of piperazine rings is 1. The molecule has 0 bridgehead atoms. The van der Waals surface area contributed by atoms with Crippen molar-refractivity contribution in [1.29, 1.82) is 0 Å². The Morgan fingerprint density at radius 3 is 2.08 bits per heavy atom. The highest BCUT2D eigenvalue weighted by molar-refractivity contribution is 4.62. The van der Waals surface area contributed by atoms with Crippen molar-refractivity contribution in [2.24, 2.45) is 5.73 Å². The molecule has 74 valence electrons. The second kappa shape index (κ2) is 7.49. The van der Waals surface area contributed by atoms with E-state index >= 15 is 0 Å². The molecule has 12 heavy (non-hydrogen) atoms. The molecule has 0 saturated carbocycles. The standard InChI is InChI=1S/C5H12N2.C3H9NO/c1-7-4-2-6-3-5-7;1-3(5)2-4/h6H,2-5H2,1H3;3,5H,2,4H2,1H3. The van der Waals surface area contributed by atoms with Gasteiger partial charge in [-0.05, 0) is 14.0 Å². The first-order chi connectivity index (χ1) is 5.66. The summed E-state index contributed by atoms with van der Waals surface area (Å²) in [5.74, 6) is 0. The molecule has 0 aliphatic carbocycles. The SMILES string of the molecule is CC(O)CN.CN1CCNCC1. The van der Waals surface area contributed by atoms with Gasteiger partial charge >= 0.3 is 0 Å². The van der Waals surface area contributed by atoms with Crippen LogP contribution in [-0.4, -0.2) is 55.9 Å². The van der Waals surface area contributed by atoms with Gasteiger partial charge in [0.05, 0.1) is 6.10 Å². The van der Waals surface area contributed by atoms with E-state index in [1.165, 1.54) is 13.1 Å². The summed E-state index contributed by atoms with van der Waals surface area (Å²) in [6.07, 6.45) is -0.338. The van der Waals surface area contributed by atoms with Crippen molar-refractivity contribution in [3.05, 3.63) is 0 Å². The van der Waals surface area contributed by atoms with Crippen molar-refractivity contribution in [3.63, 3.8) is 0 Å². The smallest absolute Gasteiger partial charge is 0.0634 e. The zero-order valence-electron chi connectivity index (χ0n) is 8.08. The van der Waals surface area contributed by atoms with Gasteiger partial charge in [-0.2, -0.15) is 0 Å².